The quantitative estimate of drug-likeness (QED) is 0.320. The van der Waals surface area contributed by atoms with Gasteiger partial charge in [-0.05, 0) is 57.2 Å². The smallest absolute Gasteiger partial charge is 0.410 e. The second-order valence-electron chi connectivity index (χ2n) is 10.00. The molecule has 212 valence electrons. The van der Waals surface area contributed by atoms with Crippen LogP contribution >= 0.6 is 0 Å². The molecule has 2 atom stereocenters. The third-order valence-corrected chi connectivity index (χ3v) is 6.71. The number of nitrogens with zero attached hydrogens (tertiary/aromatic N) is 7. The van der Waals surface area contributed by atoms with Crippen LogP contribution in [0.25, 0.3) is 5.82 Å². The maximum Gasteiger partial charge on any atom is 0.417 e. The van der Waals surface area contributed by atoms with Crippen molar-refractivity contribution >= 4 is 41.1 Å². The lowest BCUT2D eigenvalue weighted by Gasteiger charge is -2.44. The van der Waals surface area contributed by atoms with Gasteiger partial charge >= 0.3 is 6.09 Å². The number of hydrogen-bond acceptors (Lipinski definition) is 10. The fraction of sp³-hybridized carbons (Fsp3) is 0.286. The van der Waals surface area contributed by atoms with Crippen LogP contribution in [0.4, 0.5) is 33.9 Å². The van der Waals surface area contributed by atoms with Gasteiger partial charge in [-0.2, -0.15) is 9.67 Å². The van der Waals surface area contributed by atoms with E-state index in [-0.39, 0.29) is 29.9 Å². The van der Waals surface area contributed by atoms with Crippen LogP contribution in [0, 0.1) is 6.92 Å². The summed E-state index contributed by atoms with van der Waals surface area (Å²) in [4.78, 5) is 41.3. The number of nitrogen functional groups attached to an aromatic ring is 1. The number of amides is 2. The van der Waals surface area contributed by atoms with Crippen LogP contribution in [0.2, 0.25) is 0 Å². The van der Waals surface area contributed by atoms with Crippen LogP contribution in [0.15, 0.2) is 60.9 Å². The Balaban J connectivity index is 1.23. The molecule has 1 fully saturated rings. The lowest BCUT2D eigenvalue weighted by atomic mass is 10.1. The molecule has 1 aliphatic rings. The lowest BCUT2D eigenvalue weighted by Crippen LogP contribution is -2.58. The molecule has 1 aliphatic heterocycles. The molecular formula is C28H32N10O3. The zero-order valence-electron chi connectivity index (χ0n) is 23.3. The molecular weight excluding hydrogens is 524 g/mol. The van der Waals surface area contributed by atoms with Crippen LogP contribution in [-0.4, -0.2) is 66.8 Å². The number of benzene rings is 2. The maximum absolute atomic E-state index is 12.2. The van der Waals surface area contributed by atoms with E-state index in [4.69, 9.17) is 10.5 Å². The van der Waals surface area contributed by atoms with E-state index in [2.05, 4.69) is 35.6 Å². The fourth-order valence-corrected chi connectivity index (χ4v) is 4.92. The van der Waals surface area contributed by atoms with Crippen molar-refractivity contribution in [3.8, 4) is 11.6 Å². The predicted molar refractivity (Wildman–Crippen MR) is 156 cm³/mol. The van der Waals surface area contributed by atoms with Gasteiger partial charge in [-0.15, -0.1) is 5.10 Å². The van der Waals surface area contributed by atoms with E-state index in [0.29, 0.717) is 41.8 Å². The van der Waals surface area contributed by atoms with E-state index in [9.17, 15) is 9.59 Å². The highest BCUT2D eigenvalue weighted by Crippen LogP contribution is 2.24. The fourth-order valence-electron chi connectivity index (χ4n) is 4.92. The summed E-state index contributed by atoms with van der Waals surface area (Å²) in [7, 11) is 0. The van der Waals surface area contributed by atoms with E-state index < -0.39 is 6.09 Å². The number of hydrogen-bond donors (Lipinski definition) is 3. The average molecular weight is 557 g/mol. The van der Waals surface area contributed by atoms with Crippen LogP contribution in [0.1, 0.15) is 26.3 Å². The van der Waals surface area contributed by atoms with Crippen molar-refractivity contribution in [3.05, 3.63) is 66.5 Å². The molecule has 0 saturated carbocycles. The third-order valence-electron chi connectivity index (χ3n) is 6.71. The summed E-state index contributed by atoms with van der Waals surface area (Å²) < 4.78 is 6.73. The Morgan fingerprint density at radius 3 is 2.24 bits per heavy atom. The Kier molecular flexibility index (Phi) is 7.68. The van der Waals surface area contributed by atoms with Crippen molar-refractivity contribution in [3.63, 3.8) is 0 Å². The maximum atomic E-state index is 12.2. The summed E-state index contributed by atoms with van der Waals surface area (Å²) in [5.41, 5.74) is 8.50. The highest BCUT2D eigenvalue weighted by Gasteiger charge is 2.31. The summed E-state index contributed by atoms with van der Waals surface area (Å²) in [6, 6.07) is 16.1. The van der Waals surface area contributed by atoms with Crippen molar-refractivity contribution in [2.45, 2.75) is 39.8 Å². The minimum absolute atomic E-state index is 0.0438. The summed E-state index contributed by atoms with van der Waals surface area (Å²) >= 11 is 0. The minimum atomic E-state index is -0.586. The Labute approximate surface area is 237 Å². The number of carbonyl (C=O) groups excluding carboxylic acids is 2. The molecule has 41 heavy (non-hydrogen) atoms. The van der Waals surface area contributed by atoms with E-state index >= 15 is 0 Å². The number of nitrogens with two attached hydrogens (primary N) is 1. The van der Waals surface area contributed by atoms with Gasteiger partial charge in [0.05, 0.1) is 0 Å². The zero-order chi connectivity index (χ0) is 29.1. The van der Waals surface area contributed by atoms with Gasteiger partial charge in [-0.1, -0.05) is 17.7 Å². The second kappa shape index (κ2) is 11.5. The van der Waals surface area contributed by atoms with Gasteiger partial charge in [0.25, 0.3) is 0 Å². The second-order valence-corrected chi connectivity index (χ2v) is 10.00. The molecule has 2 aromatic carbocycles. The van der Waals surface area contributed by atoms with Crippen molar-refractivity contribution in [1.29, 1.82) is 0 Å². The van der Waals surface area contributed by atoms with Gasteiger partial charge in [0, 0.05) is 49.5 Å². The van der Waals surface area contributed by atoms with Gasteiger partial charge in [0.2, 0.25) is 17.8 Å². The molecule has 0 unspecified atom stereocenters. The first kappa shape index (κ1) is 27.4. The van der Waals surface area contributed by atoms with Gasteiger partial charge in [0.1, 0.15) is 17.9 Å². The van der Waals surface area contributed by atoms with Crippen molar-refractivity contribution in [1.82, 2.24) is 29.6 Å². The number of ether oxygens (including phenoxy) is 1. The largest absolute Gasteiger partial charge is 0.417 e. The van der Waals surface area contributed by atoms with E-state index in [1.54, 1.807) is 49.4 Å². The predicted octanol–water partition coefficient (Wildman–Crippen LogP) is 3.75. The number of piperazine rings is 1. The number of nitrogens with one attached hydrogen (secondary N) is 2. The lowest BCUT2D eigenvalue weighted by molar-refractivity contribution is -0.133. The van der Waals surface area contributed by atoms with Crippen molar-refractivity contribution in [2.75, 3.05) is 34.4 Å². The van der Waals surface area contributed by atoms with Gasteiger partial charge in [-0.25, -0.2) is 14.8 Å². The number of aryl methyl sites for hydroxylation is 1. The van der Waals surface area contributed by atoms with Gasteiger partial charge in [0.15, 0.2) is 5.82 Å². The summed E-state index contributed by atoms with van der Waals surface area (Å²) in [5.74, 6) is 2.13. The molecule has 1 saturated heterocycles. The molecule has 2 aromatic heterocycles. The first-order valence-corrected chi connectivity index (χ1v) is 13.2. The van der Waals surface area contributed by atoms with Gasteiger partial charge < -0.3 is 25.6 Å². The van der Waals surface area contributed by atoms with Crippen LogP contribution < -0.4 is 26.0 Å². The number of aromatic nitrogens is 5. The van der Waals surface area contributed by atoms with Crippen molar-refractivity contribution in [2.24, 2.45) is 0 Å². The topological polar surface area (TPSA) is 156 Å². The van der Waals surface area contributed by atoms with Crippen LogP contribution in [0.5, 0.6) is 5.75 Å². The van der Waals surface area contributed by atoms with Crippen LogP contribution in [-0.2, 0) is 4.79 Å². The highest BCUT2D eigenvalue weighted by atomic mass is 16.6. The third kappa shape index (κ3) is 6.35. The zero-order valence-corrected chi connectivity index (χ0v) is 23.3. The SMILES string of the molecule is CC(=O)N1[C@H](C)CN(c2cc(-n3nc(Nc4ccc(NC(=O)Oc5ccc(C)cc5)cc4)nc3N)ncn2)C[C@@H]1C. The standard InChI is InChI=1S/C28H32N10O3/c1-17-5-11-23(12-6-17)41-28(40)33-22-9-7-21(8-10-22)32-27-34-26(29)38(35-27)25-13-24(30-16-31-25)36-14-18(2)37(20(4)39)19(3)15-36/h5-13,16,18-19H,14-15H2,1-4H3,(H,33,40)(H3,29,32,34,35)/t18-,19+. The molecule has 13 nitrogen and oxygen atoms in total. The Morgan fingerprint density at radius 1 is 0.951 bits per heavy atom. The van der Waals surface area contributed by atoms with Gasteiger partial charge in [-0.3, -0.25) is 10.1 Å². The minimum Gasteiger partial charge on any atom is -0.410 e. The molecule has 5 rings (SSSR count). The Hall–Kier alpha value is -5.20. The molecule has 3 heterocycles. The molecule has 0 spiro atoms. The van der Waals surface area contributed by atoms with Crippen LogP contribution in [0.3, 0.4) is 0 Å². The first-order valence-electron chi connectivity index (χ1n) is 13.2. The Morgan fingerprint density at radius 2 is 1.59 bits per heavy atom. The molecule has 0 aliphatic carbocycles. The molecule has 0 radical (unpaired) electrons. The molecule has 13 heteroatoms. The monoisotopic (exact) mass is 556 g/mol. The summed E-state index contributed by atoms with van der Waals surface area (Å²) in [6.45, 7) is 8.91. The highest BCUT2D eigenvalue weighted by molar-refractivity contribution is 5.86. The summed E-state index contributed by atoms with van der Waals surface area (Å²) in [6.07, 6.45) is 0.873. The van der Waals surface area contributed by atoms with Crippen molar-refractivity contribution < 1.29 is 14.3 Å². The van der Waals surface area contributed by atoms with E-state index in [1.807, 2.05) is 37.8 Å². The Bertz CT molecular complexity index is 1530. The number of carbonyl (C=O) groups is 2. The molecule has 4 aromatic rings. The molecule has 4 N–H and O–H groups in total. The van der Waals surface area contributed by atoms with E-state index in [0.717, 1.165) is 5.56 Å². The first-order chi connectivity index (χ1) is 19.7. The normalized spacial score (nSPS) is 16.8. The van der Waals surface area contributed by atoms with E-state index in [1.165, 1.54) is 11.0 Å². The summed E-state index contributed by atoms with van der Waals surface area (Å²) in [5, 5.41) is 10.3. The average Bonchev–Trinajstić information content (AvgIpc) is 3.30. The number of anilines is 5. The molecule has 2 amide bonds. The molecule has 0 bridgehead atoms. The number of rotatable bonds is 6.